The minimum Gasteiger partial charge on any atom is -0.452 e. The fraction of sp³-hybridized carbons (Fsp3) is 0.529. The van der Waals surface area contributed by atoms with E-state index in [0.717, 1.165) is 5.69 Å². The molecule has 2 rings (SSSR count). The van der Waals surface area contributed by atoms with Crippen molar-refractivity contribution in [3.63, 3.8) is 0 Å². The largest absolute Gasteiger partial charge is 0.452 e. The van der Waals surface area contributed by atoms with Crippen LogP contribution in [0.3, 0.4) is 0 Å². The molecule has 126 valence electrons. The van der Waals surface area contributed by atoms with Gasteiger partial charge in [0, 0.05) is 32.9 Å². The Hall–Kier alpha value is -2.08. The number of hydrogen-bond donors (Lipinski definition) is 0. The van der Waals surface area contributed by atoms with Gasteiger partial charge < -0.3 is 19.3 Å². The number of amides is 1. The lowest BCUT2D eigenvalue weighted by molar-refractivity contribution is -0.146. The second-order valence-electron chi connectivity index (χ2n) is 6.08. The number of morpholine rings is 1. The van der Waals surface area contributed by atoms with Crippen LogP contribution in [0.5, 0.6) is 0 Å². The van der Waals surface area contributed by atoms with Gasteiger partial charge in [0.25, 0.3) is 5.91 Å². The van der Waals surface area contributed by atoms with E-state index in [1.807, 2.05) is 38.9 Å². The average molecular weight is 320 g/mol. The Balaban J connectivity index is 1.91. The van der Waals surface area contributed by atoms with Crippen molar-refractivity contribution >= 4 is 17.6 Å². The zero-order valence-corrected chi connectivity index (χ0v) is 14.1. The van der Waals surface area contributed by atoms with E-state index in [1.165, 1.54) is 0 Å². The van der Waals surface area contributed by atoms with E-state index in [9.17, 15) is 9.59 Å². The molecule has 0 bridgehead atoms. The normalized spacial score (nSPS) is 21.0. The van der Waals surface area contributed by atoms with Gasteiger partial charge in [0.15, 0.2) is 6.61 Å². The van der Waals surface area contributed by atoms with Crippen molar-refractivity contribution in [2.45, 2.75) is 26.1 Å². The Labute approximate surface area is 137 Å². The van der Waals surface area contributed by atoms with Crippen LogP contribution in [0.4, 0.5) is 5.69 Å². The molecule has 0 aliphatic carbocycles. The SMILES string of the molecule is C[C@@H]1CN(C(=O)COC(=O)c2cccc(N(C)C)c2)C[C@@H](C)O1. The standard InChI is InChI=1S/C17H24N2O4/c1-12-9-19(10-13(2)23-12)16(20)11-22-17(21)14-6-5-7-15(8-14)18(3)4/h5-8,12-13H,9-11H2,1-4H3/t12-,13-/m1/s1. The van der Waals surface area contributed by atoms with Crippen LogP contribution in [0, 0.1) is 0 Å². The second-order valence-corrected chi connectivity index (χ2v) is 6.08. The van der Waals surface area contributed by atoms with E-state index in [2.05, 4.69) is 0 Å². The van der Waals surface area contributed by atoms with Gasteiger partial charge in [0.2, 0.25) is 0 Å². The Kier molecular flexibility index (Phi) is 5.60. The molecule has 6 heteroatoms. The first kappa shape index (κ1) is 17.3. The van der Waals surface area contributed by atoms with Crippen LogP contribution in [0.25, 0.3) is 0 Å². The molecule has 1 aliphatic heterocycles. The van der Waals surface area contributed by atoms with Gasteiger partial charge in [-0.05, 0) is 32.0 Å². The van der Waals surface area contributed by atoms with Crippen LogP contribution in [-0.2, 0) is 14.3 Å². The monoisotopic (exact) mass is 320 g/mol. The first-order valence-corrected chi connectivity index (χ1v) is 7.74. The summed E-state index contributed by atoms with van der Waals surface area (Å²) in [5.41, 5.74) is 1.34. The molecular formula is C17H24N2O4. The molecule has 1 aromatic rings. The van der Waals surface area contributed by atoms with Crippen molar-refractivity contribution in [3.05, 3.63) is 29.8 Å². The molecule has 1 saturated heterocycles. The van der Waals surface area contributed by atoms with E-state index in [0.29, 0.717) is 18.7 Å². The number of benzene rings is 1. The molecule has 0 saturated carbocycles. The number of hydrogen-bond acceptors (Lipinski definition) is 5. The molecule has 0 radical (unpaired) electrons. The van der Waals surface area contributed by atoms with Crippen LogP contribution in [0.1, 0.15) is 24.2 Å². The third-order valence-corrected chi connectivity index (χ3v) is 3.70. The smallest absolute Gasteiger partial charge is 0.338 e. The highest BCUT2D eigenvalue weighted by Crippen LogP contribution is 2.15. The highest BCUT2D eigenvalue weighted by atomic mass is 16.5. The predicted octanol–water partition coefficient (Wildman–Crippen LogP) is 1.55. The summed E-state index contributed by atoms with van der Waals surface area (Å²) in [7, 11) is 3.80. The summed E-state index contributed by atoms with van der Waals surface area (Å²) >= 11 is 0. The van der Waals surface area contributed by atoms with Crippen molar-refractivity contribution in [3.8, 4) is 0 Å². The molecule has 1 aromatic carbocycles. The molecule has 0 N–H and O–H groups in total. The zero-order chi connectivity index (χ0) is 17.0. The van der Waals surface area contributed by atoms with Gasteiger partial charge in [-0.15, -0.1) is 0 Å². The molecular weight excluding hydrogens is 296 g/mol. The Bertz CT molecular complexity index is 563. The molecule has 1 aliphatic rings. The summed E-state index contributed by atoms with van der Waals surface area (Å²) in [4.78, 5) is 27.9. The number of esters is 1. The maximum atomic E-state index is 12.2. The summed E-state index contributed by atoms with van der Waals surface area (Å²) in [6.45, 7) is 4.65. The van der Waals surface area contributed by atoms with Crippen LogP contribution >= 0.6 is 0 Å². The summed E-state index contributed by atoms with van der Waals surface area (Å²) < 4.78 is 10.7. The topological polar surface area (TPSA) is 59.1 Å². The van der Waals surface area contributed by atoms with Crippen molar-refractivity contribution in [2.24, 2.45) is 0 Å². The second kappa shape index (κ2) is 7.46. The fourth-order valence-corrected chi connectivity index (χ4v) is 2.59. The number of nitrogens with zero attached hydrogens (tertiary/aromatic N) is 2. The molecule has 0 unspecified atom stereocenters. The van der Waals surface area contributed by atoms with E-state index < -0.39 is 5.97 Å². The van der Waals surface area contributed by atoms with E-state index in [4.69, 9.17) is 9.47 Å². The summed E-state index contributed by atoms with van der Waals surface area (Å²) in [5.74, 6) is -0.680. The van der Waals surface area contributed by atoms with Gasteiger partial charge in [0.1, 0.15) is 0 Å². The van der Waals surface area contributed by atoms with Crippen LogP contribution in [0.15, 0.2) is 24.3 Å². The number of anilines is 1. The Morgan fingerprint density at radius 2 is 1.91 bits per heavy atom. The molecule has 6 nitrogen and oxygen atoms in total. The molecule has 0 spiro atoms. The number of carbonyl (C=O) groups excluding carboxylic acids is 2. The molecule has 1 heterocycles. The van der Waals surface area contributed by atoms with E-state index in [1.54, 1.807) is 23.1 Å². The van der Waals surface area contributed by atoms with Crippen molar-refractivity contribution < 1.29 is 19.1 Å². The summed E-state index contributed by atoms with van der Waals surface area (Å²) in [5, 5.41) is 0. The highest BCUT2D eigenvalue weighted by Gasteiger charge is 2.26. The zero-order valence-electron chi connectivity index (χ0n) is 14.1. The van der Waals surface area contributed by atoms with Gasteiger partial charge in [-0.25, -0.2) is 4.79 Å². The first-order valence-electron chi connectivity index (χ1n) is 7.74. The lowest BCUT2D eigenvalue weighted by Crippen LogP contribution is -2.49. The van der Waals surface area contributed by atoms with Crippen LogP contribution in [-0.4, -0.2) is 62.8 Å². The first-order chi connectivity index (χ1) is 10.9. The summed E-state index contributed by atoms with van der Waals surface area (Å²) in [6.07, 6.45) is -0.00894. The summed E-state index contributed by atoms with van der Waals surface area (Å²) in [6, 6.07) is 7.11. The Morgan fingerprint density at radius 1 is 1.26 bits per heavy atom. The molecule has 23 heavy (non-hydrogen) atoms. The predicted molar refractivity (Wildman–Crippen MR) is 87.6 cm³/mol. The number of carbonyl (C=O) groups is 2. The van der Waals surface area contributed by atoms with Crippen molar-refractivity contribution in [1.82, 2.24) is 4.90 Å². The number of ether oxygens (including phenoxy) is 2. The van der Waals surface area contributed by atoms with Crippen molar-refractivity contribution in [2.75, 3.05) is 38.7 Å². The van der Waals surface area contributed by atoms with Gasteiger partial charge >= 0.3 is 5.97 Å². The highest BCUT2D eigenvalue weighted by molar-refractivity contribution is 5.92. The van der Waals surface area contributed by atoms with E-state index >= 15 is 0 Å². The van der Waals surface area contributed by atoms with Crippen LogP contribution < -0.4 is 4.90 Å². The molecule has 2 atom stereocenters. The number of rotatable bonds is 4. The molecule has 1 amide bonds. The lowest BCUT2D eigenvalue weighted by Gasteiger charge is -2.35. The quantitative estimate of drug-likeness (QED) is 0.788. The maximum Gasteiger partial charge on any atom is 0.338 e. The third kappa shape index (κ3) is 4.69. The lowest BCUT2D eigenvalue weighted by atomic mass is 10.2. The molecule has 1 fully saturated rings. The van der Waals surface area contributed by atoms with Gasteiger partial charge in [0.05, 0.1) is 17.8 Å². The fourth-order valence-electron chi connectivity index (χ4n) is 2.59. The maximum absolute atomic E-state index is 12.2. The average Bonchev–Trinajstić information content (AvgIpc) is 2.51. The van der Waals surface area contributed by atoms with Gasteiger partial charge in [-0.1, -0.05) is 6.07 Å². The van der Waals surface area contributed by atoms with Crippen LogP contribution in [0.2, 0.25) is 0 Å². The van der Waals surface area contributed by atoms with Crippen molar-refractivity contribution in [1.29, 1.82) is 0 Å². The van der Waals surface area contributed by atoms with Gasteiger partial charge in [-0.2, -0.15) is 0 Å². The van der Waals surface area contributed by atoms with E-state index in [-0.39, 0.29) is 24.7 Å². The minimum atomic E-state index is -0.489. The minimum absolute atomic E-state index is 0.00447. The van der Waals surface area contributed by atoms with Gasteiger partial charge in [-0.3, -0.25) is 4.79 Å². The Morgan fingerprint density at radius 3 is 2.52 bits per heavy atom. The molecule has 0 aromatic heterocycles. The third-order valence-electron chi connectivity index (χ3n) is 3.70.